The number of hydrogen-bond acceptors (Lipinski definition) is 2. The Bertz CT molecular complexity index is 734. The number of fused-ring (bicyclic) bond motifs is 5. The molecule has 0 saturated heterocycles. The van der Waals surface area contributed by atoms with Gasteiger partial charge in [0.25, 0.3) is 0 Å². The van der Waals surface area contributed by atoms with Crippen LogP contribution in [0.1, 0.15) is 86.0 Å². The molecule has 3 heteroatoms. The zero-order valence-electron chi connectivity index (χ0n) is 21.6. The number of allylic oxidation sites excluding steroid dienone is 2. The number of carbonyl (C=O) groups excluding carboxylic acids is 1. The monoisotopic (exact) mass is 444 g/mol. The van der Waals surface area contributed by atoms with Crippen LogP contribution in [0.15, 0.2) is 11.6 Å². The van der Waals surface area contributed by atoms with Gasteiger partial charge in [0.2, 0.25) is 0 Å². The van der Waals surface area contributed by atoms with E-state index in [4.69, 9.17) is 4.43 Å². The average Bonchev–Trinajstić information content (AvgIpc) is 3.02. The van der Waals surface area contributed by atoms with Gasteiger partial charge in [-0.1, -0.05) is 46.3 Å². The van der Waals surface area contributed by atoms with Crippen LogP contribution >= 0.6 is 0 Å². The van der Waals surface area contributed by atoms with E-state index in [1.165, 1.54) is 37.7 Å². The van der Waals surface area contributed by atoms with Crippen LogP contribution in [0.2, 0.25) is 19.6 Å². The normalized spacial score (nSPS) is 42.5. The van der Waals surface area contributed by atoms with Crippen molar-refractivity contribution in [3.05, 3.63) is 11.6 Å². The molecule has 0 bridgehead atoms. The molecule has 4 rings (SSSR count). The van der Waals surface area contributed by atoms with Crippen molar-refractivity contribution in [3.8, 4) is 0 Å². The van der Waals surface area contributed by atoms with Crippen molar-refractivity contribution in [2.45, 2.75) is 112 Å². The third-order valence-corrected chi connectivity index (χ3v) is 11.3. The Hall–Kier alpha value is -0.413. The lowest BCUT2D eigenvalue weighted by atomic mass is 9.47. The molecule has 31 heavy (non-hydrogen) atoms. The maximum atomic E-state index is 12.1. The molecular weight excluding hydrogens is 396 g/mol. The molecule has 3 fully saturated rings. The molecule has 0 aromatic carbocycles. The summed E-state index contributed by atoms with van der Waals surface area (Å²) in [5.41, 5.74) is 2.26. The predicted octanol–water partition coefficient (Wildman–Crippen LogP) is 7.65. The fourth-order valence-corrected chi connectivity index (χ4v) is 10.2. The van der Waals surface area contributed by atoms with Crippen LogP contribution in [0.25, 0.3) is 0 Å². The van der Waals surface area contributed by atoms with Crippen molar-refractivity contribution in [3.63, 3.8) is 0 Å². The Morgan fingerprint density at radius 1 is 1.03 bits per heavy atom. The third kappa shape index (κ3) is 4.05. The Morgan fingerprint density at radius 3 is 2.39 bits per heavy atom. The van der Waals surface area contributed by atoms with Gasteiger partial charge in [-0.05, 0) is 105 Å². The molecule has 0 radical (unpaired) electrons. The second-order valence-electron chi connectivity index (χ2n) is 13.5. The van der Waals surface area contributed by atoms with Crippen LogP contribution in [-0.2, 0) is 9.22 Å². The van der Waals surface area contributed by atoms with E-state index in [1.807, 2.05) is 0 Å². The highest BCUT2D eigenvalue weighted by atomic mass is 28.4. The Kier molecular flexibility index (Phi) is 6.21. The number of rotatable bonds is 5. The molecule has 0 aromatic rings. The van der Waals surface area contributed by atoms with Crippen molar-refractivity contribution >= 4 is 14.1 Å². The molecule has 4 aliphatic rings. The number of carbonyl (C=O) groups is 1. The molecule has 176 valence electrons. The zero-order valence-corrected chi connectivity index (χ0v) is 22.6. The standard InChI is InChI=1S/C28H48O2Si/c1-18(2)26(30-31(6,7)8)19(3)23-11-12-24-22-10-9-20-17-21(29)13-15-27(20,4)25(22)14-16-28(23,24)5/h9,18-19,22-26H,10-17H2,1-8H3/t19-,22?,23?,24?,25?,26?,27?,28?/m1/s1. The summed E-state index contributed by atoms with van der Waals surface area (Å²) in [5, 5.41) is 0. The lowest BCUT2D eigenvalue weighted by molar-refractivity contribution is -0.122. The average molecular weight is 445 g/mol. The van der Waals surface area contributed by atoms with Gasteiger partial charge < -0.3 is 4.43 Å². The van der Waals surface area contributed by atoms with E-state index in [2.05, 4.69) is 60.3 Å². The lowest BCUT2D eigenvalue weighted by Gasteiger charge is -2.58. The molecule has 4 aliphatic carbocycles. The molecule has 0 aromatic heterocycles. The number of Topliss-reactive ketones (excluding diaryl/α,β-unsaturated/α-hetero) is 1. The van der Waals surface area contributed by atoms with Gasteiger partial charge in [0.15, 0.2) is 8.32 Å². The van der Waals surface area contributed by atoms with Crippen molar-refractivity contribution in [2.24, 2.45) is 46.3 Å². The minimum atomic E-state index is -1.56. The molecular formula is C28H48O2Si. The summed E-state index contributed by atoms with van der Waals surface area (Å²) in [6.07, 6.45) is 12.3. The van der Waals surface area contributed by atoms with Crippen molar-refractivity contribution in [1.29, 1.82) is 0 Å². The lowest BCUT2D eigenvalue weighted by Crippen LogP contribution is -2.51. The minimum absolute atomic E-state index is 0.295. The SMILES string of the molecule is CC(C)C(O[Si](C)(C)C)[C@H](C)C1CCC2C3CC=C4CC(=O)CCC4(C)C3CCC21C. The van der Waals surface area contributed by atoms with Crippen molar-refractivity contribution < 1.29 is 9.22 Å². The first-order chi connectivity index (χ1) is 14.4. The van der Waals surface area contributed by atoms with E-state index in [-0.39, 0.29) is 0 Å². The van der Waals surface area contributed by atoms with Crippen LogP contribution in [0, 0.1) is 46.3 Å². The topological polar surface area (TPSA) is 26.3 Å². The van der Waals surface area contributed by atoms with Crippen LogP contribution < -0.4 is 0 Å². The third-order valence-electron chi connectivity index (χ3n) is 10.3. The second-order valence-corrected chi connectivity index (χ2v) is 18.0. The molecule has 3 saturated carbocycles. The van der Waals surface area contributed by atoms with Gasteiger partial charge in [0, 0.05) is 12.8 Å². The highest BCUT2D eigenvalue weighted by Crippen LogP contribution is 2.67. The first-order valence-corrected chi connectivity index (χ1v) is 16.7. The summed E-state index contributed by atoms with van der Waals surface area (Å²) in [7, 11) is -1.56. The van der Waals surface area contributed by atoms with Crippen LogP contribution in [0.4, 0.5) is 0 Å². The fraction of sp³-hybridized carbons (Fsp3) is 0.893. The highest BCUT2D eigenvalue weighted by Gasteiger charge is 2.59. The Labute approximate surface area is 193 Å². The number of hydrogen-bond donors (Lipinski definition) is 0. The van der Waals surface area contributed by atoms with Gasteiger partial charge >= 0.3 is 0 Å². The molecule has 0 aliphatic heterocycles. The summed E-state index contributed by atoms with van der Waals surface area (Å²) in [4.78, 5) is 12.1. The van der Waals surface area contributed by atoms with E-state index in [0.29, 0.717) is 34.6 Å². The summed E-state index contributed by atoms with van der Waals surface area (Å²) >= 11 is 0. The fourth-order valence-electron chi connectivity index (χ4n) is 8.87. The van der Waals surface area contributed by atoms with Gasteiger partial charge in [0.05, 0.1) is 6.10 Å². The summed E-state index contributed by atoms with van der Waals surface area (Å²) in [6.45, 7) is 19.5. The first kappa shape index (κ1) is 23.7. The van der Waals surface area contributed by atoms with Gasteiger partial charge in [-0.3, -0.25) is 4.79 Å². The smallest absolute Gasteiger partial charge is 0.184 e. The van der Waals surface area contributed by atoms with Crippen molar-refractivity contribution in [1.82, 2.24) is 0 Å². The maximum Gasteiger partial charge on any atom is 0.184 e. The van der Waals surface area contributed by atoms with E-state index >= 15 is 0 Å². The minimum Gasteiger partial charge on any atom is -0.414 e. The van der Waals surface area contributed by atoms with Crippen LogP contribution in [0.3, 0.4) is 0 Å². The zero-order chi connectivity index (χ0) is 22.8. The van der Waals surface area contributed by atoms with Gasteiger partial charge in [-0.2, -0.15) is 0 Å². The Balaban J connectivity index is 1.57. The molecule has 0 spiro atoms. The van der Waals surface area contributed by atoms with E-state index in [1.54, 1.807) is 0 Å². The maximum absolute atomic E-state index is 12.1. The second kappa shape index (κ2) is 8.11. The van der Waals surface area contributed by atoms with Gasteiger partial charge in [-0.25, -0.2) is 0 Å². The Morgan fingerprint density at radius 2 is 1.74 bits per heavy atom. The summed E-state index contributed by atoms with van der Waals surface area (Å²) < 4.78 is 6.80. The van der Waals surface area contributed by atoms with Crippen LogP contribution in [-0.4, -0.2) is 20.2 Å². The van der Waals surface area contributed by atoms with Gasteiger partial charge in [0.1, 0.15) is 5.78 Å². The molecule has 0 N–H and O–H groups in total. The molecule has 8 atom stereocenters. The first-order valence-electron chi connectivity index (χ1n) is 13.3. The summed E-state index contributed by atoms with van der Waals surface area (Å²) in [6, 6.07) is 0. The summed E-state index contributed by atoms with van der Waals surface area (Å²) in [5.74, 6) is 4.95. The quantitative estimate of drug-likeness (QED) is 0.321. The molecule has 7 unspecified atom stereocenters. The van der Waals surface area contributed by atoms with E-state index in [9.17, 15) is 4.79 Å². The number of ketones is 1. The molecule has 0 heterocycles. The van der Waals surface area contributed by atoms with Gasteiger partial charge in [-0.15, -0.1) is 0 Å². The van der Waals surface area contributed by atoms with Crippen molar-refractivity contribution in [2.75, 3.05) is 0 Å². The van der Waals surface area contributed by atoms with E-state index in [0.717, 1.165) is 42.9 Å². The predicted molar refractivity (Wildman–Crippen MR) is 132 cm³/mol. The van der Waals surface area contributed by atoms with E-state index < -0.39 is 8.32 Å². The highest BCUT2D eigenvalue weighted by molar-refractivity contribution is 6.69. The molecule has 2 nitrogen and oxygen atoms in total. The molecule has 0 amide bonds. The largest absolute Gasteiger partial charge is 0.414 e. The van der Waals surface area contributed by atoms with Crippen LogP contribution in [0.5, 0.6) is 0 Å².